The van der Waals surface area contributed by atoms with Crippen molar-refractivity contribution in [2.45, 2.75) is 25.4 Å². The quantitative estimate of drug-likeness (QED) is 0.810. The Morgan fingerprint density at radius 3 is 3.00 bits per heavy atom. The van der Waals surface area contributed by atoms with E-state index in [0.29, 0.717) is 5.69 Å². The number of piperazine rings is 1. The molecule has 1 atom stereocenters. The maximum atomic E-state index is 13.0. The molecule has 0 aromatic heterocycles. The van der Waals surface area contributed by atoms with Crippen LogP contribution >= 0.6 is 0 Å². The number of halogens is 1. The van der Waals surface area contributed by atoms with Gasteiger partial charge in [-0.1, -0.05) is 6.07 Å². The monoisotopic (exact) mass is 249 g/mol. The van der Waals surface area contributed by atoms with Crippen molar-refractivity contribution < 1.29 is 4.39 Å². The summed E-state index contributed by atoms with van der Waals surface area (Å²) in [5.41, 5.74) is 7.49. The lowest BCUT2D eigenvalue weighted by atomic mass is 10.1. The second kappa shape index (κ2) is 4.86. The average Bonchev–Trinajstić information content (AvgIpc) is 2.80. The van der Waals surface area contributed by atoms with Crippen molar-refractivity contribution in [3.8, 4) is 0 Å². The van der Waals surface area contributed by atoms with Gasteiger partial charge < -0.3 is 5.73 Å². The van der Waals surface area contributed by atoms with Crippen LogP contribution in [0.3, 0.4) is 0 Å². The van der Waals surface area contributed by atoms with E-state index < -0.39 is 0 Å². The first-order valence-corrected chi connectivity index (χ1v) is 6.73. The van der Waals surface area contributed by atoms with E-state index in [2.05, 4.69) is 9.80 Å². The molecule has 2 heterocycles. The highest BCUT2D eigenvalue weighted by molar-refractivity contribution is 5.46. The molecule has 18 heavy (non-hydrogen) atoms. The van der Waals surface area contributed by atoms with E-state index >= 15 is 0 Å². The molecule has 98 valence electrons. The van der Waals surface area contributed by atoms with Gasteiger partial charge in [-0.25, -0.2) is 4.39 Å². The van der Waals surface area contributed by atoms with Crippen molar-refractivity contribution in [1.82, 2.24) is 9.80 Å². The lowest BCUT2D eigenvalue weighted by molar-refractivity contribution is 0.0995. The molecule has 2 fully saturated rings. The first-order valence-electron chi connectivity index (χ1n) is 6.73. The van der Waals surface area contributed by atoms with E-state index in [1.165, 1.54) is 31.5 Å². The first kappa shape index (κ1) is 11.9. The Labute approximate surface area is 107 Å². The Bertz CT molecular complexity index is 435. The number of hydrogen-bond acceptors (Lipinski definition) is 3. The molecule has 2 aliphatic rings. The molecule has 3 nitrogen and oxygen atoms in total. The third kappa shape index (κ3) is 2.35. The van der Waals surface area contributed by atoms with Crippen LogP contribution in [0, 0.1) is 5.82 Å². The summed E-state index contributed by atoms with van der Waals surface area (Å²) in [5, 5.41) is 0. The molecule has 2 saturated heterocycles. The van der Waals surface area contributed by atoms with Crippen molar-refractivity contribution in [3.63, 3.8) is 0 Å². The molecule has 0 saturated carbocycles. The van der Waals surface area contributed by atoms with E-state index in [-0.39, 0.29) is 5.82 Å². The zero-order valence-corrected chi connectivity index (χ0v) is 10.6. The summed E-state index contributed by atoms with van der Waals surface area (Å²) in [5.74, 6) is -0.253. The molecule has 0 spiro atoms. The van der Waals surface area contributed by atoms with Crippen LogP contribution in [-0.2, 0) is 6.54 Å². The molecule has 1 unspecified atom stereocenters. The summed E-state index contributed by atoms with van der Waals surface area (Å²) in [6.45, 7) is 5.48. The molecule has 0 aliphatic carbocycles. The minimum atomic E-state index is -0.253. The molecule has 0 bridgehead atoms. The number of fused-ring (bicyclic) bond motifs is 1. The van der Waals surface area contributed by atoms with E-state index in [1.807, 2.05) is 6.07 Å². The topological polar surface area (TPSA) is 32.5 Å². The van der Waals surface area contributed by atoms with E-state index in [4.69, 9.17) is 5.73 Å². The summed E-state index contributed by atoms with van der Waals surface area (Å²) >= 11 is 0. The van der Waals surface area contributed by atoms with Crippen LogP contribution in [0.2, 0.25) is 0 Å². The van der Waals surface area contributed by atoms with Crippen molar-refractivity contribution in [3.05, 3.63) is 29.6 Å². The molecular weight excluding hydrogens is 229 g/mol. The summed E-state index contributed by atoms with van der Waals surface area (Å²) in [4.78, 5) is 5.03. The second-order valence-electron chi connectivity index (χ2n) is 5.41. The van der Waals surface area contributed by atoms with Crippen molar-refractivity contribution in [2.24, 2.45) is 0 Å². The Balaban J connectivity index is 1.66. The Morgan fingerprint density at radius 1 is 1.28 bits per heavy atom. The standard InChI is InChI=1S/C14H20FN3/c15-12-4-3-11(14(16)8-12)9-17-6-7-18-5-1-2-13(18)10-17/h3-4,8,13H,1-2,5-7,9-10,16H2. The van der Waals surface area contributed by atoms with E-state index in [9.17, 15) is 4.39 Å². The second-order valence-corrected chi connectivity index (χ2v) is 5.41. The molecule has 0 amide bonds. The maximum absolute atomic E-state index is 13.0. The lowest BCUT2D eigenvalue weighted by Crippen LogP contribution is -2.49. The maximum Gasteiger partial charge on any atom is 0.125 e. The van der Waals surface area contributed by atoms with Crippen molar-refractivity contribution >= 4 is 5.69 Å². The number of nitrogen functional groups attached to an aromatic ring is 1. The van der Waals surface area contributed by atoms with E-state index in [0.717, 1.165) is 37.8 Å². The van der Waals surface area contributed by atoms with Crippen molar-refractivity contribution in [1.29, 1.82) is 0 Å². The molecule has 1 aromatic carbocycles. The van der Waals surface area contributed by atoms with Crippen LogP contribution in [0.5, 0.6) is 0 Å². The summed E-state index contributed by atoms with van der Waals surface area (Å²) < 4.78 is 13.0. The highest BCUT2D eigenvalue weighted by Gasteiger charge is 2.30. The van der Waals surface area contributed by atoms with Gasteiger partial charge in [0.1, 0.15) is 5.82 Å². The average molecular weight is 249 g/mol. The van der Waals surface area contributed by atoms with Crippen LogP contribution in [0.4, 0.5) is 10.1 Å². The number of hydrogen-bond donors (Lipinski definition) is 1. The fourth-order valence-corrected chi connectivity index (χ4v) is 3.15. The zero-order chi connectivity index (χ0) is 12.5. The van der Waals surface area contributed by atoms with Gasteiger partial charge >= 0.3 is 0 Å². The van der Waals surface area contributed by atoms with Crippen LogP contribution in [-0.4, -0.2) is 42.0 Å². The number of rotatable bonds is 2. The molecular formula is C14H20FN3. The van der Waals surface area contributed by atoms with Gasteiger partial charge in [0.25, 0.3) is 0 Å². The Hall–Kier alpha value is -1.13. The molecule has 3 rings (SSSR count). The number of nitrogens with two attached hydrogens (primary N) is 1. The third-order valence-corrected chi connectivity index (χ3v) is 4.17. The van der Waals surface area contributed by atoms with Crippen LogP contribution in [0.25, 0.3) is 0 Å². The van der Waals surface area contributed by atoms with Crippen LogP contribution in [0.15, 0.2) is 18.2 Å². The third-order valence-electron chi connectivity index (χ3n) is 4.17. The van der Waals surface area contributed by atoms with Gasteiger partial charge in [0, 0.05) is 37.9 Å². The van der Waals surface area contributed by atoms with Gasteiger partial charge in [0.05, 0.1) is 0 Å². The molecule has 2 aliphatic heterocycles. The first-order chi connectivity index (χ1) is 8.72. The number of nitrogens with zero attached hydrogens (tertiary/aromatic N) is 2. The van der Waals surface area contributed by atoms with Gasteiger partial charge in [0.2, 0.25) is 0 Å². The number of benzene rings is 1. The fourth-order valence-electron chi connectivity index (χ4n) is 3.15. The van der Waals surface area contributed by atoms with Gasteiger partial charge in [-0.2, -0.15) is 0 Å². The lowest BCUT2D eigenvalue weighted by Gasteiger charge is -2.37. The minimum Gasteiger partial charge on any atom is -0.398 e. The SMILES string of the molecule is Nc1cc(F)ccc1CN1CCN2CCCC2C1. The van der Waals surface area contributed by atoms with Gasteiger partial charge in [-0.3, -0.25) is 9.80 Å². The molecule has 4 heteroatoms. The zero-order valence-electron chi connectivity index (χ0n) is 10.6. The van der Waals surface area contributed by atoms with Gasteiger partial charge in [0.15, 0.2) is 0 Å². The van der Waals surface area contributed by atoms with Gasteiger partial charge in [-0.05, 0) is 37.1 Å². The number of anilines is 1. The molecule has 1 aromatic rings. The summed E-state index contributed by atoms with van der Waals surface area (Å²) in [6.07, 6.45) is 2.65. The van der Waals surface area contributed by atoms with Crippen LogP contribution < -0.4 is 5.73 Å². The van der Waals surface area contributed by atoms with Crippen molar-refractivity contribution in [2.75, 3.05) is 31.9 Å². The molecule has 0 radical (unpaired) electrons. The normalized spacial score (nSPS) is 25.3. The van der Waals surface area contributed by atoms with E-state index in [1.54, 1.807) is 0 Å². The Kier molecular flexibility index (Phi) is 3.22. The smallest absolute Gasteiger partial charge is 0.125 e. The largest absolute Gasteiger partial charge is 0.398 e. The summed E-state index contributed by atoms with van der Waals surface area (Å²) in [7, 11) is 0. The fraction of sp³-hybridized carbons (Fsp3) is 0.571. The Morgan fingerprint density at radius 2 is 2.17 bits per heavy atom. The predicted octanol–water partition coefficient (Wildman–Crippen LogP) is 1.69. The van der Waals surface area contributed by atoms with Crippen LogP contribution in [0.1, 0.15) is 18.4 Å². The highest BCUT2D eigenvalue weighted by Crippen LogP contribution is 2.23. The molecule has 2 N–H and O–H groups in total. The van der Waals surface area contributed by atoms with Gasteiger partial charge in [-0.15, -0.1) is 0 Å². The minimum absolute atomic E-state index is 0.253. The highest BCUT2D eigenvalue weighted by atomic mass is 19.1. The summed E-state index contributed by atoms with van der Waals surface area (Å²) in [6, 6.07) is 5.45. The predicted molar refractivity (Wildman–Crippen MR) is 70.7 cm³/mol.